The quantitative estimate of drug-likeness (QED) is 0.799. The van der Waals surface area contributed by atoms with Crippen LogP contribution in [0.25, 0.3) is 11.5 Å². The summed E-state index contributed by atoms with van der Waals surface area (Å²) < 4.78 is 10.3. The minimum Gasteiger partial charge on any atom is -0.403 e. The fourth-order valence-electron chi connectivity index (χ4n) is 2.75. The molecule has 0 unspecified atom stereocenters. The van der Waals surface area contributed by atoms with E-state index in [0.717, 1.165) is 18.4 Å². The van der Waals surface area contributed by atoms with Gasteiger partial charge in [0.05, 0.1) is 6.20 Å². The molecule has 0 saturated carbocycles. The molecule has 2 aromatic heterocycles. The molecule has 0 radical (unpaired) electrons. The number of rotatable bonds is 3. The molecule has 7 nitrogen and oxygen atoms in total. The van der Waals surface area contributed by atoms with Gasteiger partial charge in [-0.2, -0.15) is 0 Å². The SMILES string of the molecule is O=C(Nc1nnc(-c2ccc3c(c2)CCCC3)o1)c1ccno1. The second kappa shape index (κ2) is 5.68. The summed E-state index contributed by atoms with van der Waals surface area (Å²) in [5.74, 6) is -0.0204. The second-order valence-electron chi connectivity index (χ2n) is 5.43. The Bertz CT molecular complexity index is 839. The monoisotopic (exact) mass is 310 g/mol. The Hall–Kier alpha value is -2.96. The van der Waals surface area contributed by atoms with Crippen LogP contribution in [0.2, 0.25) is 0 Å². The van der Waals surface area contributed by atoms with Crippen molar-refractivity contribution >= 4 is 11.9 Å². The molecule has 0 atom stereocenters. The number of nitrogens with zero attached hydrogens (tertiary/aromatic N) is 3. The predicted octanol–water partition coefficient (Wildman–Crippen LogP) is 2.86. The number of aryl methyl sites for hydroxylation is 2. The molecule has 7 heteroatoms. The number of fused-ring (bicyclic) bond motifs is 1. The summed E-state index contributed by atoms with van der Waals surface area (Å²) in [6.45, 7) is 0. The van der Waals surface area contributed by atoms with Gasteiger partial charge >= 0.3 is 6.01 Å². The molecule has 0 aliphatic heterocycles. The number of aromatic nitrogens is 3. The van der Waals surface area contributed by atoms with Gasteiger partial charge in [0.1, 0.15) is 0 Å². The van der Waals surface area contributed by atoms with Crippen LogP contribution >= 0.6 is 0 Å². The van der Waals surface area contributed by atoms with E-state index in [2.05, 4.69) is 32.8 Å². The summed E-state index contributed by atoms with van der Waals surface area (Å²) in [5.41, 5.74) is 3.58. The smallest absolute Gasteiger partial charge is 0.322 e. The van der Waals surface area contributed by atoms with Crippen LogP contribution in [0, 0.1) is 0 Å². The van der Waals surface area contributed by atoms with E-state index < -0.39 is 5.91 Å². The van der Waals surface area contributed by atoms with Crippen molar-refractivity contribution in [2.24, 2.45) is 0 Å². The predicted molar refractivity (Wildman–Crippen MR) is 80.8 cm³/mol. The highest BCUT2D eigenvalue weighted by Gasteiger charge is 2.16. The van der Waals surface area contributed by atoms with Crippen molar-refractivity contribution in [1.29, 1.82) is 0 Å². The molecule has 0 saturated heterocycles. The zero-order valence-electron chi connectivity index (χ0n) is 12.3. The Morgan fingerprint density at radius 3 is 2.78 bits per heavy atom. The standard InChI is InChI=1S/C16H14N4O3/c21-14(13-7-8-17-23-13)18-16-20-19-15(22-16)12-6-5-10-3-1-2-4-11(10)9-12/h5-9H,1-4H2,(H,18,20,21). The summed E-state index contributed by atoms with van der Waals surface area (Å²) in [6.07, 6.45) is 6.04. The van der Waals surface area contributed by atoms with Crippen molar-refractivity contribution < 1.29 is 13.7 Å². The lowest BCUT2D eigenvalue weighted by molar-refractivity contribution is 0.0985. The molecule has 116 valence electrons. The van der Waals surface area contributed by atoms with E-state index in [4.69, 9.17) is 8.94 Å². The van der Waals surface area contributed by atoms with Gasteiger partial charge in [0.2, 0.25) is 11.7 Å². The Balaban J connectivity index is 1.55. The maximum atomic E-state index is 11.8. The maximum absolute atomic E-state index is 11.8. The van der Waals surface area contributed by atoms with Crippen LogP contribution in [0.5, 0.6) is 0 Å². The summed E-state index contributed by atoms with van der Waals surface area (Å²) in [7, 11) is 0. The topological polar surface area (TPSA) is 94.1 Å². The number of hydrogen-bond donors (Lipinski definition) is 1. The lowest BCUT2D eigenvalue weighted by Crippen LogP contribution is -2.11. The summed E-state index contributed by atoms with van der Waals surface area (Å²) in [5, 5.41) is 13.8. The molecule has 1 aliphatic rings. The first-order valence-electron chi connectivity index (χ1n) is 7.47. The summed E-state index contributed by atoms with van der Waals surface area (Å²) >= 11 is 0. The Labute approximate surface area is 131 Å². The fraction of sp³-hybridized carbons (Fsp3) is 0.250. The van der Waals surface area contributed by atoms with Crippen molar-refractivity contribution in [2.75, 3.05) is 5.32 Å². The number of hydrogen-bond acceptors (Lipinski definition) is 6. The highest BCUT2D eigenvalue weighted by molar-refractivity contribution is 6.00. The van der Waals surface area contributed by atoms with E-state index in [-0.39, 0.29) is 11.8 Å². The van der Waals surface area contributed by atoms with E-state index in [1.54, 1.807) is 0 Å². The average Bonchev–Trinajstić information content (AvgIpc) is 3.26. The van der Waals surface area contributed by atoms with E-state index in [1.807, 2.05) is 6.07 Å². The molecule has 1 N–H and O–H groups in total. The molecule has 1 aliphatic carbocycles. The lowest BCUT2D eigenvalue weighted by atomic mass is 9.90. The number of anilines is 1. The summed E-state index contributed by atoms with van der Waals surface area (Å²) in [4.78, 5) is 11.8. The molecule has 23 heavy (non-hydrogen) atoms. The largest absolute Gasteiger partial charge is 0.403 e. The number of carbonyl (C=O) groups is 1. The van der Waals surface area contributed by atoms with Crippen LogP contribution in [0.3, 0.4) is 0 Å². The van der Waals surface area contributed by atoms with Crippen molar-refractivity contribution in [3.8, 4) is 11.5 Å². The third-order valence-electron chi connectivity index (χ3n) is 3.90. The fourth-order valence-corrected chi connectivity index (χ4v) is 2.75. The van der Waals surface area contributed by atoms with E-state index >= 15 is 0 Å². The van der Waals surface area contributed by atoms with Crippen molar-refractivity contribution in [1.82, 2.24) is 15.4 Å². The minimum absolute atomic E-state index is 0.0270. The third-order valence-corrected chi connectivity index (χ3v) is 3.90. The second-order valence-corrected chi connectivity index (χ2v) is 5.43. The number of benzene rings is 1. The van der Waals surface area contributed by atoms with Crippen molar-refractivity contribution in [3.63, 3.8) is 0 Å². The van der Waals surface area contributed by atoms with Crippen molar-refractivity contribution in [2.45, 2.75) is 25.7 Å². The van der Waals surface area contributed by atoms with Gasteiger partial charge < -0.3 is 8.94 Å². The van der Waals surface area contributed by atoms with Crippen LogP contribution in [0.1, 0.15) is 34.5 Å². The van der Waals surface area contributed by atoms with Gasteiger partial charge in [0.15, 0.2) is 0 Å². The molecule has 1 amide bonds. The van der Waals surface area contributed by atoms with Crippen LogP contribution in [0.15, 0.2) is 39.4 Å². The molecular formula is C16H14N4O3. The third kappa shape index (κ3) is 2.73. The van der Waals surface area contributed by atoms with Crippen molar-refractivity contribution in [3.05, 3.63) is 47.3 Å². The zero-order valence-corrected chi connectivity index (χ0v) is 12.3. The average molecular weight is 310 g/mol. The van der Waals surface area contributed by atoms with Gasteiger partial charge in [-0.25, -0.2) is 0 Å². The van der Waals surface area contributed by atoms with Crippen LogP contribution < -0.4 is 5.32 Å². The molecular weight excluding hydrogens is 296 g/mol. The van der Waals surface area contributed by atoms with Crippen LogP contribution in [0.4, 0.5) is 6.01 Å². The van der Waals surface area contributed by atoms with E-state index in [9.17, 15) is 4.79 Å². The number of carbonyl (C=O) groups excluding carboxylic acids is 1. The number of nitrogens with one attached hydrogen (secondary N) is 1. The first-order chi connectivity index (χ1) is 11.3. The van der Waals surface area contributed by atoms with E-state index in [0.29, 0.717) is 5.89 Å². The summed E-state index contributed by atoms with van der Waals surface area (Å²) in [6, 6.07) is 7.65. The van der Waals surface area contributed by atoms with Gasteiger partial charge in [-0.3, -0.25) is 10.1 Å². The Kier molecular flexibility index (Phi) is 3.38. The highest BCUT2D eigenvalue weighted by atomic mass is 16.5. The number of amides is 1. The lowest BCUT2D eigenvalue weighted by Gasteiger charge is -2.15. The zero-order chi connectivity index (χ0) is 15.6. The van der Waals surface area contributed by atoms with Gasteiger partial charge in [0, 0.05) is 11.6 Å². The molecule has 0 fully saturated rings. The molecule has 2 heterocycles. The maximum Gasteiger partial charge on any atom is 0.322 e. The highest BCUT2D eigenvalue weighted by Crippen LogP contribution is 2.27. The first-order valence-corrected chi connectivity index (χ1v) is 7.47. The first kappa shape index (κ1) is 13.7. The molecule has 0 spiro atoms. The molecule has 3 aromatic rings. The van der Waals surface area contributed by atoms with Gasteiger partial charge in [-0.05, 0) is 48.9 Å². The van der Waals surface area contributed by atoms with Gasteiger partial charge in [-0.15, -0.1) is 5.10 Å². The minimum atomic E-state index is -0.483. The van der Waals surface area contributed by atoms with Gasteiger partial charge in [-0.1, -0.05) is 16.3 Å². The van der Waals surface area contributed by atoms with E-state index in [1.165, 1.54) is 36.2 Å². The Morgan fingerprint density at radius 1 is 1.09 bits per heavy atom. The Morgan fingerprint density at radius 2 is 1.96 bits per heavy atom. The molecule has 1 aromatic carbocycles. The van der Waals surface area contributed by atoms with Gasteiger partial charge in [0.25, 0.3) is 5.91 Å². The molecule has 4 rings (SSSR count). The van der Waals surface area contributed by atoms with Crippen LogP contribution in [-0.4, -0.2) is 21.3 Å². The molecule has 0 bridgehead atoms. The normalized spacial score (nSPS) is 13.6. The van der Waals surface area contributed by atoms with Crippen LogP contribution in [-0.2, 0) is 12.8 Å².